The molecule has 0 saturated carbocycles. The van der Waals surface area contributed by atoms with E-state index < -0.39 is 6.10 Å². The molecule has 1 aromatic heterocycles. The smallest absolute Gasteiger partial charge is 0.241 e. The summed E-state index contributed by atoms with van der Waals surface area (Å²) in [5, 5.41) is 10.4. The number of hydrogen-bond acceptors (Lipinski definition) is 5. The maximum absolute atomic E-state index is 10.4. The van der Waals surface area contributed by atoms with Gasteiger partial charge in [0.25, 0.3) is 0 Å². The van der Waals surface area contributed by atoms with Crippen molar-refractivity contribution in [3.63, 3.8) is 0 Å². The van der Waals surface area contributed by atoms with Crippen LogP contribution in [-0.2, 0) is 0 Å². The van der Waals surface area contributed by atoms with E-state index in [0.29, 0.717) is 11.6 Å². The van der Waals surface area contributed by atoms with E-state index in [2.05, 4.69) is 25.9 Å². The predicted molar refractivity (Wildman–Crippen MR) is 78.1 cm³/mol. The first kappa shape index (κ1) is 14.7. The van der Waals surface area contributed by atoms with E-state index in [1.54, 1.807) is 0 Å². The topological polar surface area (TPSA) is 64.5 Å². The Balaban J connectivity index is 2.41. The minimum Gasteiger partial charge on any atom is -0.480 e. The van der Waals surface area contributed by atoms with Gasteiger partial charge in [0.15, 0.2) is 0 Å². The van der Waals surface area contributed by atoms with E-state index in [9.17, 15) is 5.11 Å². The van der Waals surface area contributed by atoms with E-state index in [1.165, 1.54) is 20.4 Å². The van der Waals surface area contributed by atoms with E-state index in [1.807, 2.05) is 25.1 Å². The Hall–Kier alpha value is -1.66. The van der Waals surface area contributed by atoms with Crippen LogP contribution in [0, 0.1) is 6.92 Å². The van der Waals surface area contributed by atoms with Crippen molar-refractivity contribution in [3.05, 3.63) is 45.7 Å². The lowest BCUT2D eigenvalue weighted by molar-refractivity contribution is 0.206. The Bertz CT molecular complexity index is 619. The van der Waals surface area contributed by atoms with Crippen LogP contribution in [0.15, 0.2) is 28.9 Å². The molecule has 0 aliphatic heterocycles. The van der Waals surface area contributed by atoms with Crippen LogP contribution in [-0.4, -0.2) is 29.3 Å². The van der Waals surface area contributed by atoms with Gasteiger partial charge in [-0.1, -0.05) is 28.1 Å². The van der Waals surface area contributed by atoms with Crippen molar-refractivity contribution in [1.82, 2.24) is 9.97 Å². The third-order valence-corrected chi connectivity index (χ3v) is 3.79. The first-order valence-corrected chi connectivity index (χ1v) is 6.75. The van der Waals surface area contributed by atoms with Crippen molar-refractivity contribution in [3.8, 4) is 11.8 Å². The summed E-state index contributed by atoms with van der Waals surface area (Å²) in [5.41, 5.74) is 2.11. The summed E-state index contributed by atoms with van der Waals surface area (Å²) in [6.45, 7) is 1.96. The molecule has 0 aliphatic rings. The molecule has 0 spiro atoms. The zero-order chi connectivity index (χ0) is 14.7. The second-order valence-electron chi connectivity index (χ2n) is 4.22. The van der Waals surface area contributed by atoms with Gasteiger partial charge in [-0.3, -0.25) is 0 Å². The Morgan fingerprint density at radius 2 is 2.00 bits per heavy atom. The van der Waals surface area contributed by atoms with Crippen LogP contribution in [0.3, 0.4) is 0 Å². The van der Waals surface area contributed by atoms with Crippen molar-refractivity contribution in [1.29, 1.82) is 0 Å². The number of benzene rings is 1. The average Bonchev–Trinajstić information content (AvgIpc) is 2.48. The lowest BCUT2D eigenvalue weighted by Crippen LogP contribution is -2.07. The third-order valence-electron chi connectivity index (χ3n) is 2.90. The Morgan fingerprint density at radius 3 is 2.60 bits per heavy atom. The lowest BCUT2D eigenvalue weighted by Gasteiger charge is -2.14. The van der Waals surface area contributed by atoms with Crippen LogP contribution in [0.5, 0.6) is 11.8 Å². The lowest BCUT2D eigenvalue weighted by atomic mass is 10.0. The molecule has 1 unspecified atom stereocenters. The second kappa shape index (κ2) is 6.19. The summed E-state index contributed by atoms with van der Waals surface area (Å²) in [4.78, 5) is 8.29. The number of nitrogens with zero attached hydrogens (tertiary/aromatic N) is 2. The number of aliphatic hydroxyl groups is 1. The van der Waals surface area contributed by atoms with Gasteiger partial charge in [-0.15, -0.1) is 0 Å². The van der Waals surface area contributed by atoms with Gasteiger partial charge in [-0.05, 0) is 24.1 Å². The van der Waals surface area contributed by atoms with Gasteiger partial charge in [0.05, 0.1) is 20.4 Å². The van der Waals surface area contributed by atoms with Crippen molar-refractivity contribution < 1.29 is 14.6 Å². The highest BCUT2D eigenvalue weighted by molar-refractivity contribution is 9.10. The molecule has 20 heavy (non-hydrogen) atoms. The fraction of sp³-hybridized carbons (Fsp3) is 0.286. The number of aromatic nitrogens is 2. The predicted octanol–water partition coefficient (Wildman–Crippen LogP) is 2.65. The van der Waals surface area contributed by atoms with Crippen molar-refractivity contribution in [2.24, 2.45) is 0 Å². The van der Waals surface area contributed by atoms with Crippen LogP contribution < -0.4 is 9.47 Å². The Morgan fingerprint density at radius 1 is 1.25 bits per heavy atom. The van der Waals surface area contributed by atoms with Gasteiger partial charge in [0, 0.05) is 4.47 Å². The number of methoxy groups -OCH3 is 2. The summed E-state index contributed by atoms with van der Waals surface area (Å²) >= 11 is 3.43. The fourth-order valence-corrected chi connectivity index (χ4v) is 2.04. The van der Waals surface area contributed by atoms with Gasteiger partial charge in [-0.25, -0.2) is 4.98 Å². The highest BCUT2D eigenvalue weighted by Crippen LogP contribution is 2.30. The molecule has 0 radical (unpaired) electrons. The molecule has 6 heteroatoms. The molecule has 1 N–H and O–H groups in total. The van der Waals surface area contributed by atoms with Gasteiger partial charge in [0.1, 0.15) is 11.8 Å². The molecular weight excluding hydrogens is 324 g/mol. The van der Waals surface area contributed by atoms with Crippen molar-refractivity contribution in [2.75, 3.05) is 14.2 Å². The summed E-state index contributed by atoms with van der Waals surface area (Å²) in [6, 6.07) is 5.60. The molecule has 1 heterocycles. The molecule has 0 fully saturated rings. The molecular formula is C14H15BrN2O3. The average molecular weight is 339 g/mol. The van der Waals surface area contributed by atoms with Gasteiger partial charge >= 0.3 is 0 Å². The monoisotopic (exact) mass is 338 g/mol. The SMILES string of the molecule is COc1cnc(C(O)c2ccc(Br)c(C)c2)c(OC)n1. The number of halogens is 1. The van der Waals surface area contributed by atoms with Crippen LogP contribution in [0.1, 0.15) is 22.9 Å². The number of rotatable bonds is 4. The zero-order valence-electron chi connectivity index (χ0n) is 11.4. The number of aliphatic hydroxyl groups excluding tert-OH is 1. The standard InChI is InChI=1S/C14H15BrN2O3/c1-8-6-9(4-5-10(8)15)13(18)12-14(20-3)17-11(19-2)7-16-12/h4-7,13,18H,1-3H3. The number of aryl methyl sites for hydroxylation is 1. The van der Waals surface area contributed by atoms with Crippen molar-refractivity contribution >= 4 is 15.9 Å². The van der Waals surface area contributed by atoms with Crippen LogP contribution in [0.4, 0.5) is 0 Å². The Labute approximate surface area is 125 Å². The minimum absolute atomic E-state index is 0.248. The third kappa shape index (κ3) is 2.91. The van der Waals surface area contributed by atoms with E-state index in [4.69, 9.17) is 9.47 Å². The van der Waals surface area contributed by atoms with E-state index in [-0.39, 0.29) is 5.88 Å². The molecule has 1 atom stereocenters. The number of hydrogen-bond donors (Lipinski definition) is 1. The quantitative estimate of drug-likeness (QED) is 0.928. The zero-order valence-corrected chi connectivity index (χ0v) is 13.0. The van der Waals surface area contributed by atoms with Crippen LogP contribution in [0.25, 0.3) is 0 Å². The molecule has 2 aromatic rings. The molecule has 0 saturated heterocycles. The second-order valence-corrected chi connectivity index (χ2v) is 5.07. The minimum atomic E-state index is -0.907. The molecule has 106 valence electrons. The molecule has 2 rings (SSSR count). The fourth-order valence-electron chi connectivity index (χ4n) is 1.80. The number of ether oxygens (including phenoxy) is 2. The van der Waals surface area contributed by atoms with E-state index >= 15 is 0 Å². The Kier molecular flexibility index (Phi) is 4.57. The normalized spacial score (nSPS) is 12.1. The summed E-state index contributed by atoms with van der Waals surface area (Å²) in [7, 11) is 2.98. The van der Waals surface area contributed by atoms with Crippen molar-refractivity contribution in [2.45, 2.75) is 13.0 Å². The summed E-state index contributed by atoms with van der Waals surface area (Å²) < 4.78 is 11.1. The summed E-state index contributed by atoms with van der Waals surface area (Å²) in [5.74, 6) is 0.585. The largest absolute Gasteiger partial charge is 0.480 e. The molecule has 0 aliphatic carbocycles. The molecule has 1 aromatic carbocycles. The molecule has 5 nitrogen and oxygen atoms in total. The maximum atomic E-state index is 10.4. The van der Waals surface area contributed by atoms with Gasteiger partial charge < -0.3 is 14.6 Å². The highest BCUT2D eigenvalue weighted by Gasteiger charge is 2.19. The maximum Gasteiger partial charge on any atom is 0.241 e. The van der Waals surface area contributed by atoms with Crippen LogP contribution >= 0.6 is 15.9 Å². The first-order valence-electron chi connectivity index (χ1n) is 5.96. The molecule has 0 bridgehead atoms. The van der Waals surface area contributed by atoms with Gasteiger partial charge in [0.2, 0.25) is 11.8 Å². The summed E-state index contributed by atoms with van der Waals surface area (Å²) in [6.07, 6.45) is 0.544. The van der Waals surface area contributed by atoms with Gasteiger partial charge in [-0.2, -0.15) is 4.98 Å². The van der Waals surface area contributed by atoms with E-state index in [0.717, 1.165) is 15.6 Å². The molecule has 0 amide bonds. The highest BCUT2D eigenvalue weighted by atomic mass is 79.9. The van der Waals surface area contributed by atoms with Crippen LogP contribution in [0.2, 0.25) is 0 Å². The first-order chi connectivity index (χ1) is 9.56.